The van der Waals surface area contributed by atoms with Crippen LogP contribution in [0.25, 0.3) is 0 Å². The Morgan fingerprint density at radius 1 is 1.11 bits per heavy atom. The number of amides is 1. The van der Waals surface area contributed by atoms with Crippen molar-refractivity contribution in [3.05, 3.63) is 0 Å². The molecule has 1 amide bonds. The summed E-state index contributed by atoms with van der Waals surface area (Å²) >= 11 is 0. The lowest BCUT2D eigenvalue weighted by molar-refractivity contribution is -0.134. The van der Waals surface area contributed by atoms with E-state index in [9.17, 15) is 9.59 Å². The van der Waals surface area contributed by atoms with Gasteiger partial charge in [-0.1, -0.05) is 46.5 Å². The predicted molar refractivity (Wildman–Crippen MR) is 75.4 cm³/mol. The number of rotatable bonds is 9. The zero-order valence-corrected chi connectivity index (χ0v) is 12.6. The normalized spacial score (nSPS) is 13.2. The van der Waals surface area contributed by atoms with Gasteiger partial charge in [0.1, 0.15) is 0 Å². The van der Waals surface area contributed by atoms with Crippen LogP contribution in [0, 0.1) is 5.41 Å². The van der Waals surface area contributed by atoms with Crippen LogP contribution in [-0.4, -0.2) is 17.7 Å². The minimum Gasteiger partial charge on any atom is -0.346 e. The Kier molecular flexibility index (Phi) is 7.88. The molecule has 0 aromatic heterocycles. The molecule has 0 bridgehead atoms. The molecule has 0 saturated heterocycles. The van der Waals surface area contributed by atoms with E-state index >= 15 is 0 Å². The third-order valence-electron chi connectivity index (χ3n) is 3.67. The van der Waals surface area contributed by atoms with Crippen LogP contribution in [0.5, 0.6) is 0 Å². The highest BCUT2D eigenvalue weighted by atomic mass is 16.2. The average Bonchev–Trinajstić information content (AvgIpc) is 2.33. The minimum absolute atomic E-state index is 0.0108. The molecule has 0 aliphatic heterocycles. The molecule has 0 unspecified atom stereocenters. The summed E-state index contributed by atoms with van der Waals surface area (Å²) in [4.78, 5) is 23.5. The van der Waals surface area contributed by atoms with Crippen molar-refractivity contribution in [3.8, 4) is 0 Å². The van der Waals surface area contributed by atoms with Gasteiger partial charge in [-0.2, -0.15) is 0 Å². The lowest BCUT2D eigenvalue weighted by atomic mass is 9.79. The fourth-order valence-electron chi connectivity index (χ4n) is 1.96. The molecule has 0 rings (SSSR count). The first-order valence-electron chi connectivity index (χ1n) is 7.18. The molecule has 0 saturated carbocycles. The van der Waals surface area contributed by atoms with E-state index in [1.54, 1.807) is 6.92 Å². The summed E-state index contributed by atoms with van der Waals surface area (Å²) in [5.74, 6) is 0.0452. The summed E-state index contributed by atoms with van der Waals surface area (Å²) < 4.78 is 0. The molecular formula is C15H29NO2. The number of carbonyl (C=O) groups excluding carboxylic acids is 2. The van der Waals surface area contributed by atoms with Gasteiger partial charge in [-0.25, -0.2) is 0 Å². The summed E-state index contributed by atoms with van der Waals surface area (Å²) in [6, 6.07) is -0.375. The first-order chi connectivity index (χ1) is 8.37. The van der Waals surface area contributed by atoms with Crippen LogP contribution in [-0.2, 0) is 9.59 Å². The van der Waals surface area contributed by atoms with Gasteiger partial charge in [0, 0.05) is 5.41 Å². The molecule has 0 spiro atoms. The third-order valence-corrected chi connectivity index (χ3v) is 3.67. The second kappa shape index (κ2) is 8.28. The van der Waals surface area contributed by atoms with E-state index in [-0.39, 0.29) is 23.1 Å². The van der Waals surface area contributed by atoms with Crippen LogP contribution in [0.3, 0.4) is 0 Å². The van der Waals surface area contributed by atoms with Crippen molar-refractivity contribution in [2.75, 3.05) is 0 Å². The Bertz CT molecular complexity index is 266. The number of Topliss-reactive ketones (excluding diaryl/α,β-unsaturated/α-hetero) is 1. The second-order valence-electron chi connectivity index (χ2n) is 5.57. The standard InChI is InChI=1S/C15H29NO2/c1-6-8-10-15(5,11-9-7-2)14(18)16-12(3)13(4)17/h12H,6-11H2,1-5H3,(H,16,18)/t12-/m0/s1. The number of nitrogens with one attached hydrogen (secondary N) is 1. The van der Waals surface area contributed by atoms with Crippen LogP contribution in [0.1, 0.15) is 73.1 Å². The molecule has 106 valence electrons. The molecule has 0 aliphatic carbocycles. The van der Waals surface area contributed by atoms with E-state index < -0.39 is 0 Å². The van der Waals surface area contributed by atoms with Gasteiger partial charge < -0.3 is 5.32 Å². The van der Waals surface area contributed by atoms with E-state index in [0.29, 0.717) is 0 Å². The molecule has 1 N–H and O–H groups in total. The highest BCUT2D eigenvalue weighted by Crippen LogP contribution is 2.31. The number of hydrogen-bond acceptors (Lipinski definition) is 2. The van der Waals surface area contributed by atoms with Crippen LogP contribution in [0.15, 0.2) is 0 Å². The highest BCUT2D eigenvalue weighted by molar-refractivity contribution is 5.89. The van der Waals surface area contributed by atoms with Gasteiger partial charge in [0.05, 0.1) is 6.04 Å². The topological polar surface area (TPSA) is 46.2 Å². The molecule has 3 nitrogen and oxygen atoms in total. The molecule has 18 heavy (non-hydrogen) atoms. The molecule has 0 radical (unpaired) electrons. The first kappa shape index (κ1) is 17.1. The number of carbonyl (C=O) groups is 2. The maximum atomic E-state index is 12.3. The smallest absolute Gasteiger partial charge is 0.226 e. The van der Waals surface area contributed by atoms with Crippen LogP contribution >= 0.6 is 0 Å². The second-order valence-corrected chi connectivity index (χ2v) is 5.57. The monoisotopic (exact) mass is 255 g/mol. The van der Waals surface area contributed by atoms with Crippen LogP contribution in [0.4, 0.5) is 0 Å². The molecule has 1 atom stereocenters. The maximum absolute atomic E-state index is 12.3. The fraction of sp³-hybridized carbons (Fsp3) is 0.867. The Labute approximate surface area is 112 Å². The van der Waals surface area contributed by atoms with Crippen molar-refractivity contribution >= 4 is 11.7 Å². The lowest BCUT2D eigenvalue weighted by Crippen LogP contribution is -2.45. The van der Waals surface area contributed by atoms with E-state index in [1.165, 1.54) is 6.92 Å². The number of hydrogen-bond donors (Lipinski definition) is 1. The van der Waals surface area contributed by atoms with Gasteiger partial charge in [-0.3, -0.25) is 9.59 Å². The minimum atomic E-state index is -0.375. The fourth-order valence-corrected chi connectivity index (χ4v) is 1.96. The van der Waals surface area contributed by atoms with Crippen LogP contribution in [0.2, 0.25) is 0 Å². The van der Waals surface area contributed by atoms with Crippen molar-refractivity contribution in [2.24, 2.45) is 5.41 Å². The zero-order valence-electron chi connectivity index (χ0n) is 12.6. The third kappa shape index (κ3) is 5.65. The maximum Gasteiger partial charge on any atom is 0.226 e. The molecule has 0 fully saturated rings. The largest absolute Gasteiger partial charge is 0.346 e. The Morgan fingerprint density at radius 2 is 1.56 bits per heavy atom. The lowest BCUT2D eigenvalue weighted by Gasteiger charge is -2.29. The molecule has 0 aromatic carbocycles. The predicted octanol–water partition coefficient (Wildman–Crippen LogP) is 3.47. The molecule has 0 aromatic rings. The summed E-state index contributed by atoms with van der Waals surface area (Å²) in [6.45, 7) is 9.56. The van der Waals surface area contributed by atoms with Crippen LogP contribution < -0.4 is 5.32 Å². The van der Waals surface area contributed by atoms with Gasteiger partial charge in [0.25, 0.3) is 0 Å². The molecule has 0 heterocycles. The molecular weight excluding hydrogens is 226 g/mol. The summed E-state index contributed by atoms with van der Waals surface area (Å²) in [7, 11) is 0. The first-order valence-corrected chi connectivity index (χ1v) is 7.18. The van der Waals surface area contributed by atoms with Crippen molar-refractivity contribution in [1.82, 2.24) is 5.32 Å². The Hall–Kier alpha value is -0.860. The van der Waals surface area contributed by atoms with Crippen molar-refractivity contribution < 1.29 is 9.59 Å². The van der Waals surface area contributed by atoms with Crippen molar-refractivity contribution in [2.45, 2.75) is 79.2 Å². The molecule has 0 aliphatic rings. The summed E-state index contributed by atoms with van der Waals surface area (Å²) in [6.07, 6.45) is 6.11. The summed E-state index contributed by atoms with van der Waals surface area (Å²) in [5.41, 5.74) is -0.324. The quantitative estimate of drug-likeness (QED) is 0.685. The molecule has 3 heteroatoms. The van der Waals surface area contributed by atoms with Gasteiger partial charge in [-0.05, 0) is 26.7 Å². The highest BCUT2D eigenvalue weighted by Gasteiger charge is 2.32. The van der Waals surface area contributed by atoms with E-state index in [0.717, 1.165) is 38.5 Å². The Morgan fingerprint density at radius 3 is 1.89 bits per heavy atom. The van der Waals surface area contributed by atoms with Crippen molar-refractivity contribution in [1.29, 1.82) is 0 Å². The van der Waals surface area contributed by atoms with E-state index in [2.05, 4.69) is 19.2 Å². The average molecular weight is 255 g/mol. The van der Waals surface area contributed by atoms with Gasteiger partial charge in [0.2, 0.25) is 5.91 Å². The number of unbranched alkanes of at least 4 members (excludes halogenated alkanes) is 2. The van der Waals surface area contributed by atoms with E-state index in [1.807, 2.05) is 6.92 Å². The van der Waals surface area contributed by atoms with Crippen molar-refractivity contribution in [3.63, 3.8) is 0 Å². The van der Waals surface area contributed by atoms with Gasteiger partial charge >= 0.3 is 0 Å². The zero-order chi connectivity index (χ0) is 14.2. The summed E-state index contributed by atoms with van der Waals surface area (Å²) in [5, 5.41) is 2.85. The van der Waals surface area contributed by atoms with E-state index in [4.69, 9.17) is 0 Å². The van der Waals surface area contributed by atoms with Gasteiger partial charge in [-0.15, -0.1) is 0 Å². The van der Waals surface area contributed by atoms with Gasteiger partial charge in [0.15, 0.2) is 5.78 Å². The number of ketones is 1. The SMILES string of the molecule is CCCCC(C)(CCCC)C(=O)N[C@@H](C)C(C)=O. The Balaban J connectivity index is 4.61.